The molecule has 0 spiro atoms. The van der Waals surface area contributed by atoms with Gasteiger partial charge in [-0.05, 0) is 6.92 Å². The van der Waals surface area contributed by atoms with E-state index in [0.29, 0.717) is 31.9 Å². The lowest BCUT2D eigenvalue weighted by Crippen LogP contribution is -2.31. The second-order valence-corrected chi connectivity index (χ2v) is 3.77. The first kappa shape index (κ1) is 11.4. The van der Waals surface area contributed by atoms with Crippen LogP contribution in [0, 0.1) is 6.92 Å². The van der Waals surface area contributed by atoms with Gasteiger partial charge in [-0.15, -0.1) is 5.10 Å². The van der Waals surface area contributed by atoms with E-state index in [1.54, 1.807) is 11.8 Å². The number of carboxylic acid groups (broad SMARTS) is 1. The summed E-state index contributed by atoms with van der Waals surface area (Å²) in [5.74, 6) is -1.09. The van der Waals surface area contributed by atoms with Gasteiger partial charge in [0.05, 0.1) is 12.2 Å². The lowest BCUT2D eigenvalue weighted by atomic mass is 10.3. The van der Waals surface area contributed by atoms with Crippen LogP contribution >= 0.6 is 0 Å². The van der Waals surface area contributed by atoms with Gasteiger partial charge in [0.1, 0.15) is 0 Å². The van der Waals surface area contributed by atoms with E-state index in [1.165, 1.54) is 4.68 Å². The van der Waals surface area contributed by atoms with Crippen molar-refractivity contribution in [1.29, 1.82) is 0 Å². The van der Waals surface area contributed by atoms with Gasteiger partial charge in [-0.3, -0.25) is 0 Å². The van der Waals surface area contributed by atoms with E-state index in [2.05, 4.69) is 15.6 Å². The number of amides is 2. The Morgan fingerprint density at radius 3 is 2.82 bits per heavy atom. The van der Waals surface area contributed by atoms with Crippen molar-refractivity contribution in [2.45, 2.75) is 13.5 Å². The number of hydrogen-bond acceptors (Lipinski definition) is 4. The Morgan fingerprint density at radius 1 is 1.53 bits per heavy atom. The van der Waals surface area contributed by atoms with E-state index in [9.17, 15) is 9.59 Å². The Hall–Kier alpha value is -2.12. The molecule has 2 N–H and O–H groups in total. The molecule has 1 aromatic rings. The number of hydrogen-bond donors (Lipinski definition) is 2. The quantitative estimate of drug-likeness (QED) is 0.724. The van der Waals surface area contributed by atoms with Crippen LogP contribution in [0.5, 0.6) is 0 Å². The van der Waals surface area contributed by atoms with Crippen molar-refractivity contribution >= 4 is 12.0 Å². The van der Waals surface area contributed by atoms with Crippen LogP contribution in [-0.2, 0) is 6.54 Å². The third-order valence-corrected chi connectivity index (χ3v) is 2.71. The van der Waals surface area contributed by atoms with Crippen molar-refractivity contribution in [2.75, 3.05) is 19.6 Å². The third-order valence-electron chi connectivity index (χ3n) is 2.71. The predicted octanol–water partition coefficient (Wildman–Crippen LogP) is -0.690. The second kappa shape index (κ2) is 4.40. The van der Waals surface area contributed by atoms with Crippen molar-refractivity contribution in [1.82, 2.24) is 25.2 Å². The Bertz CT molecular complexity index is 455. The molecule has 1 aromatic heterocycles. The maximum Gasteiger partial charge on any atom is 0.358 e. The number of nitrogens with zero attached hydrogens (tertiary/aromatic N) is 4. The fourth-order valence-electron chi connectivity index (χ4n) is 1.71. The molecule has 0 radical (unpaired) electrons. The van der Waals surface area contributed by atoms with Crippen molar-refractivity contribution in [3.05, 3.63) is 11.4 Å². The van der Waals surface area contributed by atoms with Gasteiger partial charge in [0.15, 0.2) is 5.69 Å². The number of rotatable bonds is 4. The van der Waals surface area contributed by atoms with Gasteiger partial charge in [0.2, 0.25) is 0 Å². The molecule has 2 heterocycles. The van der Waals surface area contributed by atoms with Crippen LogP contribution < -0.4 is 5.32 Å². The lowest BCUT2D eigenvalue weighted by molar-refractivity contribution is 0.0689. The largest absolute Gasteiger partial charge is 0.476 e. The summed E-state index contributed by atoms with van der Waals surface area (Å²) in [6.07, 6.45) is 0. The molecule has 2 amide bonds. The molecule has 1 aliphatic heterocycles. The highest BCUT2D eigenvalue weighted by Crippen LogP contribution is 2.04. The summed E-state index contributed by atoms with van der Waals surface area (Å²) in [7, 11) is 0. The minimum atomic E-state index is -1.09. The predicted molar refractivity (Wildman–Crippen MR) is 56.7 cm³/mol. The molecule has 92 valence electrons. The molecule has 1 saturated heterocycles. The Labute approximate surface area is 97.2 Å². The number of carbonyl (C=O) groups is 2. The van der Waals surface area contributed by atoms with Crippen LogP contribution in [0.4, 0.5) is 4.79 Å². The first-order chi connectivity index (χ1) is 8.09. The van der Waals surface area contributed by atoms with Gasteiger partial charge in [0, 0.05) is 19.6 Å². The molecule has 0 bridgehead atoms. The summed E-state index contributed by atoms with van der Waals surface area (Å²) >= 11 is 0. The molecule has 1 fully saturated rings. The van der Waals surface area contributed by atoms with E-state index >= 15 is 0 Å². The summed E-state index contributed by atoms with van der Waals surface area (Å²) in [6, 6.07) is -0.0961. The van der Waals surface area contributed by atoms with Crippen LogP contribution in [0.1, 0.15) is 16.2 Å². The highest BCUT2D eigenvalue weighted by atomic mass is 16.4. The molecular formula is C9H13N5O3. The van der Waals surface area contributed by atoms with Crippen molar-refractivity contribution in [2.24, 2.45) is 0 Å². The fourth-order valence-corrected chi connectivity index (χ4v) is 1.71. The van der Waals surface area contributed by atoms with Gasteiger partial charge in [-0.1, -0.05) is 5.21 Å². The van der Waals surface area contributed by atoms with Gasteiger partial charge in [0.25, 0.3) is 0 Å². The molecular weight excluding hydrogens is 226 g/mol. The molecule has 8 nitrogen and oxygen atoms in total. The van der Waals surface area contributed by atoms with Crippen molar-refractivity contribution in [3.63, 3.8) is 0 Å². The topological polar surface area (TPSA) is 100 Å². The van der Waals surface area contributed by atoms with Crippen molar-refractivity contribution < 1.29 is 14.7 Å². The number of carbonyl (C=O) groups excluding carboxylic acids is 1. The summed E-state index contributed by atoms with van der Waals surface area (Å²) in [5.41, 5.74) is 0.452. The van der Waals surface area contributed by atoms with E-state index in [1.807, 2.05) is 0 Å². The van der Waals surface area contributed by atoms with E-state index in [-0.39, 0.29) is 11.7 Å². The molecule has 17 heavy (non-hydrogen) atoms. The maximum atomic E-state index is 11.3. The minimum Gasteiger partial charge on any atom is -0.476 e. The summed E-state index contributed by atoms with van der Waals surface area (Å²) in [5, 5.41) is 18.8. The summed E-state index contributed by atoms with van der Waals surface area (Å²) < 4.78 is 1.50. The maximum absolute atomic E-state index is 11.3. The molecule has 0 aliphatic carbocycles. The van der Waals surface area contributed by atoms with E-state index < -0.39 is 5.97 Å². The number of aromatic nitrogens is 3. The molecule has 0 aromatic carbocycles. The Balaban J connectivity index is 1.99. The van der Waals surface area contributed by atoms with E-state index in [0.717, 1.165) is 0 Å². The molecule has 0 saturated carbocycles. The van der Waals surface area contributed by atoms with Crippen LogP contribution in [0.15, 0.2) is 0 Å². The van der Waals surface area contributed by atoms with Gasteiger partial charge >= 0.3 is 12.0 Å². The lowest BCUT2D eigenvalue weighted by Gasteiger charge is -2.13. The number of nitrogens with one attached hydrogen (secondary N) is 1. The number of carboxylic acids is 1. The standard InChI is InChI=1S/C9H13N5O3/c1-6-7(8(15)16)11-12-14(6)5-4-13-3-2-10-9(13)17/h2-5H2,1H3,(H,10,17)(H,15,16). The van der Waals surface area contributed by atoms with Crippen LogP contribution in [0.2, 0.25) is 0 Å². The molecule has 0 atom stereocenters. The van der Waals surface area contributed by atoms with Crippen LogP contribution in [0.25, 0.3) is 0 Å². The van der Waals surface area contributed by atoms with Gasteiger partial charge < -0.3 is 15.3 Å². The molecule has 2 rings (SSSR count). The second-order valence-electron chi connectivity index (χ2n) is 3.77. The van der Waals surface area contributed by atoms with Gasteiger partial charge in [-0.25, -0.2) is 14.3 Å². The number of aromatic carboxylic acids is 1. The third kappa shape index (κ3) is 2.19. The normalized spacial score (nSPS) is 15.1. The first-order valence-electron chi connectivity index (χ1n) is 5.25. The molecule has 8 heteroatoms. The van der Waals surface area contributed by atoms with Crippen LogP contribution in [0.3, 0.4) is 0 Å². The SMILES string of the molecule is Cc1c(C(=O)O)nnn1CCN1CCNC1=O. The smallest absolute Gasteiger partial charge is 0.358 e. The zero-order chi connectivity index (χ0) is 12.4. The molecule has 0 unspecified atom stereocenters. The highest BCUT2D eigenvalue weighted by Gasteiger charge is 2.20. The van der Waals surface area contributed by atoms with Crippen molar-refractivity contribution in [3.8, 4) is 0 Å². The molecule has 1 aliphatic rings. The zero-order valence-electron chi connectivity index (χ0n) is 9.38. The van der Waals surface area contributed by atoms with E-state index in [4.69, 9.17) is 5.11 Å². The Kier molecular flexibility index (Phi) is 2.94. The van der Waals surface area contributed by atoms with Crippen LogP contribution in [-0.4, -0.2) is 56.6 Å². The summed E-state index contributed by atoms with van der Waals surface area (Å²) in [6.45, 7) is 3.90. The minimum absolute atomic E-state index is 0.0455. The fraction of sp³-hybridized carbons (Fsp3) is 0.556. The number of urea groups is 1. The average molecular weight is 239 g/mol. The monoisotopic (exact) mass is 239 g/mol. The van der Waals surface area contributed by atoms with Gasteiger partial charge in [-0.2, -0.15) is 0 Å². The highest BCUT2D eigenvalue weighted by molar-refractivity contribution is 5.86. The summed E-state index contributed by atoms with van der Waals surface area (Å²) in [4.78, 5) is 23.7. The Morgan fingerprint density at radius 2 is 2.29 bits per heavy atom. The zero-order valence-corrected chi connectivity index (χ0v) is 9.38. The average Bonchev–Trinajstić information content (AvgIpc) is 2.82. The first-order valence-corrected chi connectivity index (χ1v) is 5.25.